The molecule has 0 aromatic heterocycles. The largest absolute Gasteiger partial charge is 0.391 e. The van der Waals surface area contributed by atoms with E-state index in [-0.39, 0.29) is 30.2 Å². The molecule has 0 unspecified atom stereocenters. The van der Waals surface area contributed by atoms with E-state index in [1.807, 2.05) is 49.1 Å². The van der Waals surface area contributed by atoms with Gasteiger partial charge in [-0.2, -0.15) is 0 Å². The zero-order valence-electron chi connectivity index (χ0n) is 14.1. The van der Waals surface area contributed by atoms with Gasteiger partial charge in [-0.15, -0.1) is 0 Å². The molecule has 23 heavy (non-hydrogen) atoms. The van der Waals surface area contributed by atoms with Crippen LogP contribution in [0, 0.1) is 5.92 Å². The van der Waals surface area contributed by atoms with Gasteiger partial charge in [0, 0.05) is 44.9 Å². The predicted octanol–water partition coefficient (Wildman–Crippen LogP) is 1.65. The molecule has 126 valence electrons. The first-order valence-electron chi connectivity index (χ1n) is 8.15. The Labute approximate surface area is 137 Å². The molecule has 1 N–H and O–H groups in total. The van der Waals surface area contributed by atoms with Crippen molar-refractivity contribution in [1.82, 2.24) is 9.80 Å². The fourth-order valence-corrected chi connectivity index (χ4v) is 2.99. The summed E-state index contributed by atoms with van der Waals surface area (Å²) in [4.78, 5) is 27.5. The van der Waals surface area contributed by atoms with Crippen molar-refractivity contribution in [1.29, 1.82) is 0 Å². The van der Waals surface area contributed by atoms with Crippen molar-refractivity contribution in [2.45, 2.75) is 45.9 Å². The molecule has 1 fully saturated rings. The van der Waals surface area contributed by atoms with Crippen LogP contribution in [0.2, 0.25) is 0 Å². The van der Waals surface area contributed by atoms with Crippen molar-refractivity contribution in [3.63, 3.8) is 0 Å². The molecule has 1 aromatic rings. The number of rotatable bonds is 5. The van der Waals surface area contributed by atoms with Crippen molar-refractivity contribution in [3.05, 3.63) is 35.9 Å². The predicted molar refractivity (Wildman–Crippen MR) is 88.5 cm³/mol. The molecule has 0 radical (unpaired) electrons. The lowest BCUT2D eigenvalue weighted by Crippen LogP contribution is -2.38. The summed E-state index contributed by atoms with van der Waals surface area (Å²) in [7, 11) is 0. The number of carbonyl (C=O) groups is 2. The Morgan fingerprint density at radius 1 is 1.26 bits per heavy atom. The van der Waals surface area contributed by atoms with Crippen molar-refractivity contribution >= 4 is 11.8 Å². The molecule has 1 saturated heterocycles. The molecule has 1 aliphatic rings. The van der Waals surface area contributed by atoms with Crippen LogP contribution in [0.1, 0.15) is 32.8 Å². The molecular formula is C18H26N2O3. The maximum Gasteiger partial charge on any atom is 0.223 e. The highest BCUT2D eigenvalue weighted by Gasteiger charge is 2.35. The number of aliphatic hydroxyl groups is 1. The topological polar surface area (TPSA) is 60.9 Å². The van der Waals surface area contributed by atoms with Gasteiger partial charge in [0.25, 0.3) is 0 Å². The SMILES string of the molecule is CC(=O)N1C[C@H](CC(=O)N(Cc2ccccc2)C(C)C)[C@@H](O)C1. The first-order chi connectivity index (χ1) is 10.9. The van der Waals surface area contributed by atoms with E-state index in [0.717, 1.165) is 5.56 Å². The number of hydrogen-bond donors (Lipinski definition) is 1. The summed E-state index contributed by atoms with van der Waals surface area (Å²) in [6.45, 7) is 6.83. The summed E-state index contributed by atoms with van der Waals surface area (Å²) in [5.41, 5.74) is 1.09. The maximum atomic E-state index is 12.7. The van der Waals surface area contributed by atoms with Crippen molar-refractivity contribution in [2.75, 3.05) is 13.1 Å². The second-order valence-electron chi connectivity index (χ2n) is 6.56. The molecule has 1 aromatic carbocycles. The van der Waals surface area contributed by atoms with Gasteiger partial charge < -0.3 is 14.9 Å². The lowest BCUT2D eigenvalue weighted by atomic mass is 10.0. The highest BCUT2D eigenvalue weighted by molar-refractivity contribution is 5.77. The lowest BCUT2D eigenvalue weighted by Gasteiger charge is -2.28. The zero-order chi connectivity index (χ0) is 17.0. The van der Waals surface area contributed by atoms with Crippen LogP contribution < -0.4 is 0 Å². The van der Waals surface area contributed by atoms with E-state index in [1.165, 1.54) is 6.92 Å². The fraction of sp³-hybridized carbons (Fsp3) is 0.556. The van der Waals surface area contributed by atoms with Gasteiger partial charge in [-0.25, -0.2) is 0 Å². The standard InChI is InChI=1S/C18H26N2O3/c1-13(2)20(10-15-7-5-4-6-8-15)18(23)9-16-11-19(14(3)21)12-17(16)22/h4-8,13,16-17,22H,9-12H2,1-3H3/t16-,17-/m0/s1. The quantitative estimate of drug-likeness (QED) is 0.898. The number of benzene rings is 1. The second-order valence-corrected chi connectivity index (χ2v) is 6.56. The molecule has 0 spiro atoms. The highest BCUT2D eigenvalue weighted by atomic mass is 16.3. The smallest absolute Gasteiger partial charge is 0.223 e. The number of β-amino-alcohol motifs (C(OH)–C–C–N with tert-alkyl or cyclic N) is 1. The monoisotopic (exact) mass is 318 g/mol. The number of carbonyl (C=O) groups excluding carboxylic acids is 2. The normalized spacial score (nSPS) is 20.8. The molecule has 0 bridgehead atoms. The Morgan fingerprint density at radius 3 is 2.43 bits per heavy atom. The van der Waals surface area contributed by atoms with E-state index in [4.69, 9.17) is 0 Å². The Bertz CT molecular complexity index is 544. The van der Waals surface area contributed by atoms with Crippen molar-refractivity contribution in [2.24, 2.45) is 5.92 Å². The fourth-order valence-electron chi connectivity index (χ4n) is 2.99. The number of nitrogens with zero attached hydrogens (tertiary/aromatic N) is 2. The van der Waals surface area contributed by atoms with E-state index >= 15 is 0 Å². The average molecular weight is 318 g/mol. The molecule has 2 amide bonds. The van der Waals surface area contributed by atoms with Crippen LogP contribution in [0.5, 0.6) is 0 Å². The molecule has 1 heterocycles. The molecule has 2 rings (SSSR count). The number of amides is 2. The molecule has 0 aliphatic carbocycles. The summed E-state index contributed by atoms with van der Waals surface area (Å²) in [6.07, 6.45) is -0.343. The van der Waals surface area contributed by atoms with E-state index in [2.05, 4.69) is 0 Å². The Hall–Kier alpha value is -1.88. The van der Waals surface area contributed by atoms with Gasteiger partial charge >= 0.3 is 0 Å². The van der Waals surface area contributed by atoms with Gasteiger partial charge in [0.2, 0.25) is 11.8 Å². The maximum absolute atomic E-state index is 12.7. The summed E-state index contributed by atoms with van der Waals surface area (Å²) in [5, 5.41) is 10.1. The van der Waals surface area contributed by atoms with E-state index < -0.39 is 6.10 Å². The van der Waals surface area contributed by atoms with Crippen LogP contribution in [0.3, 0.4) is 0 Å². The summed E-state index contributed by atoms with van der Waals surface area (Å²) >= 11 is 0. The van der Waals surface area contributed by atoms with Gasteiger partial charge in [-0.3, -0.25) is 9.59 Å². The Kier molecular flexibility index (Phi) is 5.77. The summed E-state index contributed by atoms with van der Waals surface area (Å²) in [5.74, 6) is -0.203. The van der Waals surface area contributed by atoms with E-state index in [9.17, 15) is 14.7 Å². The molecule has 5 heteroatoms. The third kappa shape index (κ3) is 4.55. The zero-order valence-corrected chi connectivity index (χ0v) is 14.1. The van der Waals surface area contributed by atoms with Gasteiger partial charge in [-0.1, -0.05) is 30.3 Å². The highest BCUT2D eigenvalue weighted by Crippen LogP contribution is 2.22. The average Bonchev–Trinajstić information content (AvgIpc) is 2.87. The van der Waals surface area contributed by atoms with Gasteiger partial charge in [-0.05, 0) is 19.4 Å². The molecule has 2 atom stereocenters. The van der Waals surface area contributed by atoms with Gasteiger partial charge in [0.15, 0.2) is 0 Å². The van der Waals surface area contributed by atoms with E-state index in [1.54, 1.807) is 4.90 Å². The van der Waals surface area contributed by atoms with E-state index in [0.29, 0.717) is 19.6 Å². The van der Waals surface area contributed by atoms with Crippen LogP contribution in [0.15, 0.2) is 30.3 Å². The molecule has 5 nitrogen and oxygen atoms in total. The van der Waals surface area contributed by atoms with Crippen LogP contribution in [0.25, 0.3) is 0 Å². The molecule has 1 aliphatic heterocycles. The Morgan fingerprint density at radius 2 is 1.91 bits per heavy atom. The van der Waals surface area contributed by atoms with Crippen LogP contribution in [0.4, 0.5) is 0 Å². The minimum atomic E-state index is -0.617. The first-order valence-corrected chi connectivity index (χ1v) is 8.15. The summed E-state index contributed by atoms with van der Waals surface area (Å²) < 4.78 is 0. The number of aliphatic hydroxyl groups excluding tert-OH is 1. The third-order valence-corrected chi connectivity index (χ3v) is 4.43. The van der Waals surface area contributed by atoms with Crippen LogP contribution in [-0.4, -0.2) is 52.0 Å². The van der Waals surface area contributed by atoms with Crippen molar-refractivity contribution in [3.8, 4) is 0 Å². The Balaban J connectivity index is 2.00. The second kappa shape index (κ2) is 7.59. The van der Waals surface area contributed by atoms with Crippen LogP contribution in [-0.2, 0) is 16.1 Å². The minimum Gasteiger partial charge on any atom is -0.391 e. The number of likely N-dealkylation sites (tertiary alicyclic amines) is 1. The van der Waals surface area contributed by atoms with Crippen molar-refractivity contribution < 1.29 is 14.7 Å². The summed E-state index contributed by atoms with van der Waals surface area (Å²) in [6, 6.07) is 9.98. The number of hydrogen-bond acceptors (Lipinski definition) is 3. The van der Waals surface area contributed by atoms with Gasteiger partial charge in [0.05, 0.1) is 6.10 Å². The lowest BCUT2D eigenvalue weighted by molar-refractivity contribution is -0.135. The van der Waals surface area contributed by atoms with Gasteiger partial charge in [0.1, 0.15) is 0 Å². The molecule has 0 saturated carbocycles. The minimum absolute atomic E-state index is 0.0262. The van der Waals surface area contributed by atoms with Crippen LogP contribution >= 0.6 is 0 Å². The third-order valence-electron chi connectivity index (χ3n) is 4.43. The first kappa shape index (κ1) is 17.5. The molecular weight excluding hydrogens is 292 g/mol.